The van der Waals surface area contributed by atoms with Crippen LogP contribution < -0.4 is 10.2 Å². The Hall–Kier alpha value is -2.86. The molecule has 11 heteroatoms. The molecule has 10 nitrogen and oxygen atoms in total. The first-order valence-electron chi connectivity index (χ1n) is 14.1. The van der Waals surface area contributed by atoms with Gasteiger partial charge in [0.2, 0.25) is 5.91 Å². The zero-order valence-corrected chi connectivity index (χ0v) is 24.3. The Morgan fingerprint density at radius 2 is 1.90 bits per heavy atom. The van der Waals surface area contributed by atoms with Crippen molar-refractivity contribution in [3.8, 4) is 11.3 Å². The van der Waals surface area contributed by atoms with Crippen molar-refractivity contribution in [2.24, 2.45) is 5.92 Å². The van der Waals surface area contributed by atoms with Crippen LogP contribution in [0.5, 0.6) is 0 Å². The minimum Gasteiger partial charge on any atom is -0.383 e. The van der Waals surface area contributed by atoms with Gasteiger partial charge < -0.3 is 24.6 Å². The molecule has 3 aliphatic rings. The summed E-state index contributed by atoms with van der Waals surface area (Å²) in [4.78, 5) is 50.2. The van der Waals surface area contributed by atoms with Crippen molar-refractivity contribution in [2.75, 3.05) is 64.5 Å². The van der Waals surface area contributed by atoms with Crippen molar-refractivity contribution in [1.82, 2.24) is 20.1 Å². The third kappa shape index (κ3) is 6.38. The molecule has 3 atom stereocenters. The lowest BCUT2D eigenvalue weighted by Gasteiger charge is -2.34. The number of amides is 2. The summed E-state index contributed by atoms with van der Waals surface area (Å²) in [5, 5.41) is 6.00. The average Bonchev–Trinajstić information content (AvgIpc) is 3.70. The molecule has 1 unspecified atom stereocenters. The number of ether oxygens (including phenoxy) is 2. The molecule has 1 aromatic heterocycles. The summed E-state index contributed by atoms with van der Waals surface area (Å²) >= 11 is 1.63. The van der Waals surface area contributed by atoms with Crippen LogP contribution in [0.2, 0.25) is 0 Å². The van der Waals surface area contributed by atoms with E-state index in [2.05, 4.69) is 20.5 Å². The maximum atomic E-state index is 13.5. The number of nitrogens with one attached hydrogen (secondary N) is 1. The SMILES string of the molecule is COCCN1CCN(c2nc(-c3ccc(C(=O)NC(CC(C)C)C(=O)N4CC[C@H]5OCC(=O)[C@H]54)cc3)cs2)CC1. The molecular formula is C29H39N5O5S. The summed E-state index contributed by atoms with van der Waals surface area (Å²) in [5.41, 5.74) is 2.30. The molecule has 216 valence electrons. The predicted octanol–water partition coefficient (Wildman–Crippen LogP) is 2.29. The number of likely N-dealkylation sites (tertiary alicyclic amines) is 1. The van der Waals surface area contributed by atoms with Crippen LogP contribution in [0.1, 0.15) is 37.0 Å². The second kappa shape index (κ2) is 12.8. The van der Waals surface area contributed by atoms with Gasteiger partial charge in [0.25, 0.3) is 5.91 Å². The van der Waals surface area contributed by atoms with E-state index in [9.17, 15) is 14.4 Å². The summed E-state index contributed by atoms with van der Waals surface area (Å²) in [5.74, 6) is -0.381. The van der Waals surface area contributed by atoms with Gasteiger partial charge >= 0.3 is 0 Å². The number of benzene rings is 1. The van der Waals surface area contributed by atoms with Gasteiger partial charge in [0.1, 0.15) is 18.7 Å². The van der Waals surface area contributed by atoms with E-state index < -0.39 is 12.1 Å². The molecule has 40 heavy (non-hydrogen) atoms. The van der Waals surface area contributed by atoms with Crippen LogP contribution in [0.15, 0.2) is 29.6 Å². The predicted molar refractivity (Wildman–Crippen MR) is 154 cm³/mol. The lowest BCUT2D eigenvalue weighted by atomic mass is 10.0. The Morgan fingerprint density at radius 3 is 2.60 bits per heavy atom. The highest BCUT2D eigenvalue weighted by Gasteiger charge is 2.48. The number of nitrogens with zero attached hydrogens (tertiary/aromatic N) is 4. The molecular weight excluding hydrogens is 530 g/mol. The number of anilines is 1. The summed E-state index contributed by atoms with van der Waals surface area (Å²) in [7, 11) is 1.73. The fourth-order valence-corrected chi connectivity index (χ4v) is 6.58. The Morgan fingerprint density at radius 1 is 1.15 bits per heavy atom. The second-order valence-electron chi connectivity index (χ2n) is 11.2. The Bertz CT molecular complexity index is 1190. The number of Topliss-reactive ketones (excluding diaryl/α,β-unsaturated/α-hetero) is 1. The number of ketones is 1. The van der Waals surface area contributed by atoms with Gasteiger partial charge in [-0.3, -0.25) is 19.3 Å². The topological polar surface area (TPSA) is 104 Å². The van der Waals surface area contributed by atoms with Gasteiger partial charge in [-0.2, -0.15) is 0 Å². The molecule has 3 fully saturated rings. The number of carbonyl (C=O) groups excluding carboxylic acids is 3. The smallest absolute Gasteiger partial charge is 0.251 e. The van der Waals surface area contributed by atoms with E-state index in [1.54, 1.807) is 35.5 Å². The minimum absolute atomic E-state index is 0.0542. The molecule has 0 bridgehead atoms. The number of carbonyl (C=O) groups is 3. The average molecular weight is 570 g/mol. The molecule has 0 spiro atoms. The summed E-state index contributed by atoms with van der Waals surface area (Å²) in [6.45, 7) is 10.1. The molecule has 1 N–H and O–H groups in total. The number of aromatic nitrogens is 1. The Labute approximate surface area is 239 Å². The van der Waals surface area contributed by atoms with Crippen molar-refractivity contribution >= 4 is 34.1 Å². The number of piperazine rings is 1. The van der Waals surface area contributed by atoms with E-state index >= 15 is 0 Å². The zero-order chi connectivity index (χ0) is 28.2. The molecule has 4 heterocycles. The summed E-state index contributed by atoms with van der Waals surface area (Å²) in [6, 6.07) is 6.12. The quantitative estimate of drug-likeness (QED) is 0.465. The van der Waals surface area contributed by atoms with Crippen LogP contribution in [-0.2, 0) is 19.1 Å². The molecule has 5 rings (SSSR count). The zero-order valence-electron chi connectivity index (χ0n) is 23.5. The second-order valence-corrected chi connectivity index (χ2v) is 12.0. The van der Waals surface area contributed by atoms with Crippen LogP contribution in [-0.4, -0.2) is 110 Å². The van der Waals surface area contributed by atoms with Gasteiger partial charge in [-0.1, -0.05) is 26.0 Å². The van der Waals surface area contributed by atoms with Crippen LogP contribution in [0.3, 0.4) is 0 Å². The monoisotopic (exact) mass is 569 g/mol. The van der Waals surface area contributed by atoms with Gasteiger partial charge in [0.15, 0.2) is 10.9 Å². The van der Waals surface area contributed by atoms with Crippen LogP contribution in [0.25, 0.3) is 11.3 Å². The van der Waals surface area contributed by atoms with Crippen molar-refractivity contribution in [3.05, 3.63) is 35.2 Å². The Balaban J connectivity index is 1.20. The Kier molecular flexibility index (Phi) is 9.14. The largest absolute Gasteiger partial charge is 0.383 e. The number of hydrogen-bond donors (Lipinski definition) is 1. The van der Waals surface area contributed by atoms with Crippen molar-refractivity contribution in [3.63, 3.8) is 0 Å². The number of methoxy groups -OCH3 is 1. The van der Waals surface area contributed by atoms with Crippen molar-refractivity contribution < 1.29 is 23.9 Å². The molecule has 3 saturated heterocycles. The lowest BCUT2D eigenvalue weighted by molar-refractivity contribution is -0.138. The normalized spacial score (nSPS) is 22.1. The molecule has 1 aromatic carbocycles. The molecule has 0 aliphatic carbocycles. The standard InChI is InChI=1S/C29H39N5O5S/c1-19(2)16-22(28(37)34-9-8-25-26(34)24(35)17-39-25)30-27(36)21-6-4-20(5-7-21)23-18-40-29(31-23)33-12-10-32(11-13-33)14-15-38-3/h4-7,18-19,22,25-26H,8-17H2,1-3H3,(H,30,36)/t22?,25-,26-/m1/s1. The summed E-state index contributed by atoms with van der Waals surface area (Å²) in [6.07, 6.45) is 0.916. The molecule has 0 saturated carbocycles. The van der Waals surface area contributed by atoms with E-state index in [0.717, 1.165) is 55.7 Å². The molecule has 2 amide bonds. The minimum atomic E-state index is -0.699. The van der Waals surface area contributed by atoms with Gasteiger partial charge in [-0.25, -0.2) is 4.98 Å². The fraction of sp³-hybridized carbons (Fsp3) is 0.586. The van der Waals surface area contributed by atoms with Gasteiger partial charge in [-0.05, 0) is 30.9 Å². The van der Waals surface area contributed by atoms with Crippen LogP contribution in [0, 0.1) is 5.92 Å². The summed E-state index contributed by atoms with van der Waals surface area (Å²) < 4.78 is 10.7. The third-order valence-electron chi connectivity index (χ3n) is 7.89. The fourth-order valence-electron chi connectivity index (χ4n) is 5.69. The van der Waals surface area contributed by atoms with Gasteiger partial charge in [0, 0.05) is 62.9 Å². The van der Waals surface area contributed by atoms with Crippen molar-refractivity contribution in [1.29, 1.82) is 0 Å². The number of fused-ring (bicyclic) bond motifs is 1. The van der Waals surface area contributed by atoms with E-state index in [1.165, 1.54) is 0 Å². The highest BCUT2D eigenvalue weighted by atomic mass is 32.1. The van der Waals surface area contributed by atoms with Gasteiger partial charge in [0.05, 0.1) is 18.4 Å². The molecule has 3 aliphatic heterocycles. The maximum absolute atomic E-state index is 13.5. The number of rotatable bonds is 10. The highest BCUT2D eigenvalue weighted by molar-refractivity contribution is 7.14. The van der Waals surface area contributed by atoms with Crippen LogP contribution >= 0.6 is 11.3 Å². The van der Waals surface area contributed by atoms with Crippen LogP contribution in [0.4, 0.5) is 5.13 Å². The maximum Gasteiger partial charge on any atom is 0.251 e. The highest BCUT2D eigenvalue weighted by Crippen LogP contribution is 2.30. The first kappa shape index (κ1) is 28.7. The first-order chi connectivity index (χ1) is 19.3. The number of hydrogen-bond acceptors (Lipinski definition) is 9. The first-order valence-corrected chi connectivity index (χ1v) is 15.0. The van der Waals surface area contributed by atoms with Crippen molar-refractivity contribution in [2.45, 2.75) is 44.9 Å². The van der Waals surface area contributed by atoms with Gasteiger partial charge in [-0.15, -0.1) is 11.3 Å². The lowest BCUT2D eigenvalue weighted by Crippen LogP contribution is -2.52. The molecule has 2 aromatic rings. The third-order valence-corrected chi connectivity index (χ3v) is 8.80. The van der Waals surface area contributed by atoms with E-state index in [-0.39, 0.29) is 36.2 Å². The van der Waals surface area contributed by atoms with E-state index in [0.29, 0.717) is 24.9 Å². The number of thiazole rings is 1. The van der Waals surface area contributed by atoms with E-state index in [1.807, 2.05) is 26.0 Å². The van der Waals surface area contributed by atoms with E-state index in [4.69, 9.17) is 14.5 Å². The molecule has 0 radical (unpaired) electrons.